The third-order valence-corrected chi connectivity index (χ3v) is 7.74. The van der Waals surface area contributed by atoms with Gasteiger partial charge in [-0.2, -0.15) is 0 Å². The van der Waals surface area contributed by atoms with Crippen LogP contribution in [0.5, 0.6) is 5.75 Å². The fourth-order valence-corrected chi connectivity index (χ4v) is 5.42. The molecule has 0 spiro atoms. The summed E-state index contributed by atoms with van der Waals surface area (Å²) in [6.07, 6.45) is 8.27. The maximum Gasteiger partial charge on any atom is 0.309 e. The Balaban J connectivity index is 1.34. The Morgan fingerprint density at radius 1 is 1.25 bits per heavy atom. The van der Waals surface area contributed by atoms with Crippen LogP contribution in [0.2, 0.25) is 5.02 Å². The number of nitrogens with zero attached hydrogens (tertiary/aromatic N) is 3. The van der Waals surface area contributed by atoms with Crippen LogP contribution in [-0.4, -0.2) is 52.7 Å². The molecule has 192 valence electrons. The lowest BCUT2D eigenvalue weighted by Gasteiger charge is -2.39. The minimum atomic E-state index is -1.39. The first-order chi connectivity index (χ1) is 17.4. The number of alkyl halides is 1. The highest BCUT2D eigenvalue weighted by atomic mass is 35.5. The van der Waals surface area contributed by atoms with Crippen LogP contribution in [0.25, 0.3) is 10.9 Å². The summed E-state index contributed by atoms with van der Waals surface area (Å²) >= 11 is 6.36. The number of aryl methyl sites for hydroxylation is 1. The number of rotatable bonds is 11. The molecule has 3 aromatic rings. The number of carbonyl (C=O) groups is 1. The predicted molar refractivity (Wildman–Crippen MR) is 139 cm³/mol. The van der Waals surface area contributed by atoms with Crippen molar-refractivity contribution in [1.82, 2.24) is 14.9 Å². The maximum atomic E-state index is 15.6. The van der Waals surface area contributed by atoms with Crippen LogP contribution in [0.1, 0.15) is 55.8 Å². The van der Waals surface area contributed by atoms with Crippen LogP contribution in [0, 0.1) is 5.41 Å². The Kier molecular flexibility index (Phi) is 8.75. The van der Waals surface area contributed by atoms with Gasteiger partial charge in [-0.1, -0.05) is 17.7 Å². The van der Waals surface area contributed by atoms with Crippen molar-refractivity contribution in [3.05, 3.63) is 65.1 Å². The number of carboxylic acid groups (broad SMARTS) is 1. The Morgan fingerprint density at radius 2 is 2.06 bits per heavy atom. The van der Waals surface area contributed by atoms with Gasteiger partial charge >= 0.3 is 5.97 Å². The third kappa shape index (κ3) is 6.13. The van der Waals surface area contributed by atoms with E-state index < -0.39 is 17.6 Å². The number of likely N-dealkylation sites (tertiary alicyclic amines) is 1. The molecular formula is C28H33ClFN3O3. The van der Waals surface area contributed by atoms with E-state index in [0.29, 0.717) is 48.1 Å². The van der Waals surface area contributed by atoms with Gasteiger partial charge in [0, 0.05) is 29.5 Å². The molecule has 1 aliphatic heterocycles. The van der Waals surface area contributed by atoms with Crippen molar-refractivity contribution in [2.75, 3.05) is 26.7 Å². The lowest BCUT2D eigenvalue weighted by Crippen LogP contribution is -2.44. The van der Waals surface area contributed by atoms with Gasteiger partial charge in [0.1, 0.15) is 11.9 Å². The van der Waals surface area contributed by atoms with Gasteiger partial charge in [0.15, 0.2) is 0 Å². The highest BCUT2D eigenvalue weighted by molar-refractivity contribution is 6.32. The van der Waals surface area contributed by atoms with Crippen LogP contribution < -0.4 is 4.74 Å². The number of piperidine rings is 1. The normalized spacial score (nSPS) is 16.6. The van der Waals surface area contributed by atoms with Gasteiger partial charge in [-0.3, -0.25) is 14.8 Å². The fraction of sp³-hybridized carbons (Fsp3) is 0.464. The van der Waals surface area contributed by atoms with Crippen LogP contribution in [0.15, 0.2) is 48.9 Å². The Labute approximate surface area is 216 Å². The first-order valence-corrected chi connectivity index (χ1v) is 12.9. The molecule has 0 bridgehead atoms. The Morgan fingerprint density at radius 3 is 2.75 bits per heavy atom. The summed E-state index contributed by atoms with van der Waals surface area (Å²) in [6.45, 7) is 2.38. The predicted octanol–water partition coefficient (Wildman–Crippen LogP) is 6.27. The van der Waals surface area contributed by atoms with Crippen molar-refractivity contribution in [2.45, 2.75) is 51.1 Å². The molecular weight excluding hydrogens is 481 g/mol. The van der Waals surface area contributed by atoms with E-state index >= 15 is 4.39 Å². The van der Waals surface area contributed by atoms with Crippen molar-refractivity contribution in [3.63, 3.8) is 0 Å². The molecule has 6 nitrogen and oxygen atoms in total. The second-order valence-electron chi connectivity index (χ2n) is 9.65. The average molecular weight is 514 g/mol. The number of pyridine rings is 2. The van der Waals surface area contributed by atoms with Gasteiger partial charge in [-0.15, -0.1) is 0 Å². The summed E-state index contributed by atoms with van der Waals surface area (Å²) < 4.78 is 20.9. The number of carboxylic acids is 1. The maximum absolute atomic E-state index is 15.6. The number of fused-ring (bicyclic) bond motifs is 1. The molecule has 1 fully saturated rings. The van der Waals surface area contributed by atoms with Gasteiger partial charge in [0.05, 0.1) is 23.1 Å². The number of aromatic nitrogens is 2. The molecule has 4 rings (SSSR count). The van der Waals surface area contributed by atoms with E-state index in [9.17, 15) is 9.90 Å². The number of ether oxygens (including phenoxy) is 1. The topological polar surface area (TPSA) is 75.6 Å². The summed E-state index contributed by atoms with van der Waals surface area (Å²) in [5, 5.41) is 10.9. The minimum absolute atomic E-state index is 0.0907. The van der Waals surface area contributed by atoms with Gasteiger partial charge in [0.25, 0.3) is 0 Å². The quantitative estimate of drug-likeness (QED) is 0.304. The van der Waals surface area contributed by atoms with Crippen LogP contribution >= 0.6 is 11.6 Å². The second kappa shape index (κ2) is 12.0. The van der Waals surface area contributed by atoms with Crippen molar-refractivity contribution < 1.29 is 19.0 Å². The first kappa shape index (κ1) is 26.3. The molecule has 1 aliphatic rings. The molecule has 1 saturated heterocycles. The molecule has 8 heteroatoms. The molecule has 0 saturated carbocycles. The molecule has 1 atom stereocenters. The van der Waals surface area contributed by atoms with E-state index in [1.54, 1.807) is 31.5 Å². The summed E-state index contributed by atoms with van der Waals surface area (Å²) in [5.74, 6) is -0.242. The van der Waals surface area contributed by atoms with Crippen LogP contribution in [0.3, 0.4) is 0 Å². The minimum Gasteiger partial charge on any atom is -0.497 e. The lowest BCUT2D eigenvalue weighted by molar-refractivity contribution is -0.153. The number of benzene rings is 1. The van der Waals surface area contributed by atoms with Gasteiger partial charge < -0.3 is 14.7 Å². The molecule has 1 N–H and O–H groups in total. The molecule has 3 heterocycles. The van der Waals surface area contributed by atoms with E-state index in [1.807, 2.05) is 12.3 Å². The summed E-state index contributed by atoms with van der Waals surface area (Å²) in [7, 11) is 1.55. The van der Waals surface area contributed by atoms with Crippen LogP contribution in [0.4, 0.5) is 4.39 Å². The Hall–Kier alpha value is -2.77. The highest BCUT2D eigenvalue weighted by Gasteiger charge is 2.41. The van der Waals surface area contributed by atoms with E-state index in [4.69, 9.17) is 16.3 Å². The van der Waals surface area contributed by atoms with Crippen LogP contribution in [-0.2, 0) is 11.2 Å². The number of hydrogen-bond donors (Lipinski definition) is 1. The molecule has 0 radical (unpaired) electrons. The zero-order valence-electron chi connectivity index (χ0n) is 20.6. The monoisotopic (exact) mass is 513 g/mol. The largest absolute Gasteiger partial charge is 0.497 e. The third-order valence-electron chi connectivity index (χ3n) is 7.44. The van der Waals surface area contributed by atoms with Crippen molar-refractivity contribution >= 4 is 28.5 Å². The molecule has 2 aromatic heterocycles. The van der Waals surface area contributed by atoms with Gasteiger partial charge in [0.2, 0.25) is 0 Å². The molecule has 1 aromatic carbocycles. The van der Waals surface area contributed by atoms with Gasteiger partial charge in [-0.05, 0) is 94.4 Å². The van der Waals surface area contributed by atoms with Crippen molar-refractivity contribution in [2.24, 2.45) is 5.41 Å². The van der Waals surface area contributed by atoms with E-state index in [2.05, 4.69) is 20.9 Å². The first-order valence-electron chi connectivity index (χ1n) is 12.5. The standard InChI is InChI=1S/C28H33ClFN3O3/c1-36-21-7-8-25-22(17-21)26(23(29)19-32-25)24(30)9-10-28(27(34)35)11-15-33(16-12-28)14-3-2-5-20-6-4-13-31-18-20/h4,6-8,13,17-19,24H,2-3,5,9-12,14-16H2,1H3,(H,34,35). The van der Waals surface area contributed by atoms with Crippen molar-refractivity contribution in [3.8, 4) is 5.75 Å². The molecule has 0 aliphatic carbocycles. The number of aliphatic carboxylic acids is 1. The number of unbranched alkanes of at least 4 members (excludes halogenated alkanes) is 1. The van der Waals surface area contributed by atoms with Gasteiger partial charge in [-0.25, -0.2) is 4.39 Å². The lowest BCUT2D eigenvalue weighted by atomic mass is 9.74. The zero-order valence-corrected chi connectivity index (χ0v) is 21.4. The molecule has 0 amide bonds. The summed E-state index contributed by atoms with van der Waals surface area (Å²) in [6, 6.07) is 9.31. The number of hydrogen-bond acceptors (Lipinski definition) is 5. The fourth-order valence-electron chi connectivity index (χ4n) is 5.15. The molecule has 36 heavy (non-hydrogen) atoms. The van der Waals surface area contributed by atoms with E-state index in [1.165, 1.54) is 11.8 Å². The number of methoxy groups -OCH3 is 1. The van der Waals surface area contributed by atoms with E-state index in [0.717, 1.165) is 25.8 Å². The molecule has 1 unspecified atom stereocenters. The summed E-state index contributed by atoms with van der Waals surface area (Å²) in [5.41, 5.74) is 1.31. The Bertz CT molecular complexity index is 1170. The number of halogens is 2. The highest BCUT2D eigenvalue weighted by Crippen LogP contribution is 2.42. The smallest absolute Gasteiger partial charge is 0.309 e. The van der Waals surface area contributed by atoms with Crippen molar-refractivity contribution in [1.29, 1.82) is 0 Å². The zero-order chi connectivity index (χ0) is 25.5. The SMILES string of the molecule is COc1ccc2ncc(Cl)c(C(F)CCC3(C(=O)O)CCN(CCCCc4cccnc4)CC3)c2c1. The second-order valence-corrected chi connectivity index (χ2v) is 10.1. The average Bonchev–Trinajstić information content (AvgIpc) is 2.90. The summed E-state index contributed by atoms with van der Waals surface area (Å²) in [4.78, 5) is 23.1. The van der Waals surface area contributed by atoms with E-state index in [-0.39, 0.29) is 17.9 Å².